The first-order chi connectivity index (χ1) is 7.16. The van der Waals surface area contributed by atoms with Gasteiger partial charge in [0.05, 0.1) is 18.1 Å². The van der Waals surface area contributed by atoms with Gasteiger partial charge in [-0.1, -0.05) is 13.8 Å². The molecular weight excluding hydrogens is 208 g/mol. The molecule has 0 aromatic carbocycles. The maximum Gasteiger partial charge on any atom is 0.143 e. The molecule has 0 aliphatic heterocycles. The van der Waals surface area contributed by atoms with Crippen molar-refractivity contribution in [2.75, 3.05) is 5.73 Å². The molecule has 2 aromatic heterocycles. The van der Waals surface area contributed by atoms with Crippen LogP contribution >= 0.6 is 11.3 Å². The van der Waals surface area contributed by atoms with Crippen LogP contribution in [0.4, 0.5) is 5.82 Å². The first kappa shape index (κ1) is 10.0. The van der Waals surface area contributed by atoms with E-state index in [-0.39, 0.29) is 0 Å². The van der Waals surface area contributed by atoms with Crippen LogP contribution in [0, 0.1) is 0 Å². The summed E-state index contributed by atoms with van der Waals surface area (Å²) in [5.41, 5.74) is 7.39. The second kappa shape index (κ2) is 3.94. The molecule has 78 valence electrons. The van der Waals surface area contributed by atoms with E-state index in [1.54, 1.807) is 17.5 Å². The summed E-state index contributed by atoms with van der Waals surface area (Å²) in [4.78, 5) is 12.7. The maximum atomic E-state index is 5.57. The van der Waals surface area contributed by atoms with Crippen molar-refractivity contribution in [3.63, 3.8) is 0 Å². The zero-order chi connectivity index (χ0) is 10.8. The highest BCUT2D eigenvalue weighted by molar-refractivity contribution is 7.13. The van der Waals surface area contributed by atoms with E-state index in [0.29, 0.717) is 11.7 Å². The van der Waals surface area contributed by atoms with Gasteiger partial charge in [0.15, 0.2) is 0 Å². The monoisotopic (exact) mass is 220 g/mol. The molecule has 5 heteroatoms. The minimum Gasteiger partial charge on any atom is -0.382 e. The summed E-state index contributed by atoms with van der Waals surface area (Å²) < 4.78 is 0. The molecule has 0 atom stereocenters. The van der Waals surface area contributed by atoms with Gasteiger partial charge in [0.2, 0.25) is 0 Å². The van der Waals surface area contributed by atoms with Crippen LogP contribution in [0.2, 0.25) is 0 Å². The quantitative estimate of drug-likeness (QED) is 0.843. The number of rotatable bonds is 2. The van der Waals surface area contributed by atoms with E-state index in [9.17, 15) is 0 Å². The van der Waals surface area contributed by atoms with Crippen molar-refractivity contribution >= 4 is 17.2 Å². The molecule has 0 radical (unpaired) electrons. The standard InChI is InChI=1S/C10H12N4S/c1-6(2)8-5-15-10(14-8)7-3-12-4-9(11)13-7/h3-6H,1-2H3,(H2,11,13). The number of nitrogens with two attached hydrogens (primary N) is 1. The topological polar surface area (TPSA) is 64.7 Å². The summed E-state index contributed by atoms with van der Waals surface area (Å²) in [6.07, 6.45) is 3.21. The Hall–Kier alpha value is -1.49. The van der Waals surface area contributed by atoms with Crippen molar-refractivity contribution in [1.82, 2.24) is 15.0 Å². The Morgan fingerprint density at radius 1 is 1.27 bits per heavy atom. The van der Waals surface area contributed by atoms with Crippen LogP contribution in [0.1, 0.15) is 25.5 Å². The molecule has 2 rings (SSSR count). The van der Waals surface area contributed by atoms with Crippen molar-refractivity contribution in [1.29, 1.82) is 0 Å². The second-order valence-electron chi connectivity index (χ2n) is 3.56. The van der Waals surface area contributed by atoms with Gasteiger partial charge in [0, 0.05) is 5.38 Å². The third-order valence-corrected chi connectivity index (χ3v) is 2.87. The van der Waals surface area contributed by atoms with Gasteiger partial charge in [-0.05, 0) is 5.92 Å². The molecule has 2 aromatic rings. The number of hydrogen-bond acceptors (Lipinski definition) is 5. The fourth-order valence-corrected chi connectivity index (χ4v) is 2.09. The first-order valence-corrected chi connectivity index (χ1v) is 5.58. The van der Waals surface area contributed by atoms with Gasteiger partial charge in [-0.15, -0.1) is 11.3 Å². The Kier molecular flexibility index (Phi) is 2.64. The lowest BCUT2D eigenvalue weighted by Gasteiger charge is -1.98. The van der Waals surface area contributed by atoms with Crippen LogP contribution in [-0.2, 0) is 0 Å². The molecule has 0 bridgehead atoms. The second-order valence-corrected chi connectivity index (χ2v) is 4.42. The van der Waals surface area contributed by atoms with E-state index in [1.807, 2.05) is 5.38 Å². The molecule has 0 spiro atoms. The molecule has 0 fully saturated rings. The third kappa shape index (κ3) is 2.12. The van der Waals surface area contributed by atoms with E-state index in [4.69, 9.17) is 5.73 Å². The summed E-state index contributed by atoms with van der Waals surface area (Å²) in [7, 11) is 0. The van der Waals surface area contributed by atoms with Crippen LogP contribution in [0.5, 0.6) is 0 Å². The van der Waals surface area contributed by atoms with Crippen molar-refractivity contribution < 1.29 is 0 Å². The van der Waals surface area contributed by atoms with Gasteiger partial charge in [-0.3, -0.25) is 4.98 Å². The van der Waals surface area contributed by atoms with Crippen LogP contribution < -0.4 is 5.73 Å². The minimum absolute atomic E-state index is 0.425. The predicted molar refractivity (Wildman–Crippen MR) is 61.6 cm³/mol. The van der Waals surface area contributed by atoms with Gasteiger partial charge in [-0.2, -0.15) is 0 Å². The van der Waals surface area contributed by atoms with Gasteiger partial charge >= 0.3 is 0 Å². The Bertz CT molecular complexity index is 464. The maximum absolute atomic E-state index is 5.57. The normalized spacial score (nSPS) is 10.9. The minimum atomic E-state index is 0.425. The summed E-state index contributed by atoms with van der Waals surface area (Å²) in [5.74, 6) is 0.859. The average Bonchev–Trinajstić information content (AvgIpc) is 2.66. The SMILES string of the molecule is CC(C)c1csc(-c2cncc(N)n2)n1. The first-order valence-electron chi connectivity index (χ1n) is 4.70. The molecule has 0 saturated heterocycles. The van der Waals surface area contributed by atoms with Crippen molar-refractivity contribution in [2.45, 2.75) is 19.8 Å². The molecule has 4 nitrogen and oxygen atoms in total. The molecule has 15 heavy (non-hydrogen) atoms. The van der Waals surface area contributed by atoms with Gasteiger partial charge in [-0.25, -0.2) is 9.97 Å². The van der Waals surface area contributed by atoms with Crippen LogP contribution in [-0.4, -0.2) is 15.0 Å². The van der Waals surface area contributed by atoms with Crippen molar-refractivity contribution in [3.05, 3.63) is 23.5 Å². The molecular formula is C10H12N4S. The fraction of sp³-hybridized carbons (Fsp3) is 0.300. The Morgan fingerprint density at radius 2 is 2.07 bits per heavy atom. The number of nitrogens with zero attached hydrogens (tertiary/aromatic N) is 3. The fourth-order valence-electron chi connectivity index (χ4n) is 1.15. The summed E-state index contributed by atoms with van der Waals surface area (Å²) in [5, 5.41) is 2.92. The molecule has 0 unspecified atom stereocenters. The summed E-state index contributed by atoms with van der Waals surface area (Å²) in [6, 6.07) is 0. The zero-order valence-corrected chi connectivity index (χ0v) is 9.45. The van der Waals surface area contributed by atoms with E-state index in [2.05, 4.69) is 28.8 Å². The van der Waals surface area contributed by atoms with Crippen molar-refractivity contribution in [2.24, 2.45) is 0 Å². The number of nitrogen functional groups attached to an aromatic ring is 1. The molecule has 0 amide bonds. The van der Waals surface area contributed by atoms with Gasteiger partial charge in [0.25, 0.3) is 0 Å². The lowest BCUT2D eigenvalue weighted by atomic mass is 10.2. The molecule has 2 heterocycles. The lowest BCUT2D eigenvalue weighted by Crippen LogP contribution is -1.93. The Balaban J connectivity index is 2.37. The van der Waals surface area contributed by atoms with Gasteiger partial charge < -0.3 is 5.73 Å². The van der Waals surface area contributed by atoms with E-state index in [0.717, 1.165) is 16.4 Å². The highest BCUT2D eigenvalue weighted by Gasteiger charge is 2.08. The number of aromatic nitrogens is 3. The summed E-state index contributed by atoms with van der Waals surface area (Å²) in [6.45, 7) is 4.23. The van der Waals surface area contributed by atoms with Crippen molar-refractivity contribution in [3.8, 4) is 10.7 Å². The van der Waals surface area contributed by atoms with E-state index < -0.39 is 0 Å². The average molecular weight is 220 g/mol. The third-order valence-electron chi connectivity index (χ3n) is 1.99. The largest absolute Gasteiger partial charge is 0.382 e. The van der Waals surface area contributed by atoms with E-state index >= 15 is 0 Å². The number of thiazole rings is 1. The van der Waals surface area contributed by atoms with Gasteiger partial charge in [0.1, 0.15) is 16.5 Å². The highest BCUT2D eigenvalue weighted by atomic mass is 32.1. The number of anilines is 1. The smallest absolute Gasteiger partial charge is 0.143 e. The summed E-state index contributed by atoms with van der Waals surface area (Å²) >= 11 is 1.57. The van der Waals surface area contributed by atoms with Crippen LogP contribution in [0.25, 0.3) is 10.7 Å². The van der Waals surface area contributed by atoms with E-state index in [1.165, 1.54) is 6.20 Å². The Labute approximate surface area is 92.2 Å². The number of hydrogen-bond donors (Lipinski definition) is 1. The lowest BCUT2D eigenvalue weighted by molar-refractivity contribution is 0.833. The zero-order valence-electron chi connectivity index (χ0n) is 8.64. The molecule has 2 N–H and O–H groups in total. The molecule has 0 aliphatic carbocycles. The Morgan fingerprint density at radius 3 is 2.67 bits per heavy atom. The van der Waals surface area contributed by atoms with Crippen LogP contribution in [0.3, 0.4) is 0 Å². The molecule has 0 saturated carbocycles. The highest BCUT2D eigenvalue weighted by Crippen LogP contribution is 2.25. The molecule has 0 aliphatic rings. The van der Waals surface area contributed by atoms with Crippen LogP contribution in [0.15, 0.2) is 17.8 Å². The predicted octanol–water partition coefficient (Wildman–Crippen LogP) is 2.31.